The van der Waals surface area contributed by atoms with Gasteiger partial charge in [0.1, 0.15) is 5.76 Å². The highest BCUT2D eigenvalue weighted by atomic mass is 16.5. The highest BCUT2D eigenvalue weighted by molar-refractivity contribution is 5.06. The molecule has 0 radical (unpaired) electrons. The highest BCUT2D eigenvalue weighted by Gasteiger charge is 2.34. The zero-order valence-electron chi connectivity index (χ0n) is 12.9. The molecule has 0 bridgehead atoms. The van der Waals surface area contributed by atoms with E-state index in [1.165, 1.54) is 25.7 Å². The fourth-order valence-corrected chi connectivity index (χ4v) is 3.28. The van der Waals surface area contributed by atoms with E-state index in [4.69, 9.17) is 9.15 Å². The van der Waals surface area contributed by atoms with Gasteiger partial charge < -0.3 is 9.15 Å². The number of aromatic nitrogens is 1. The van der Waals surface area contributed by atoms with E-state index >= 15 is 0 Å². The van der Waals surface area contributed by atoms with Crippen molar-refractivity contribution in [3.8, 4) is 0 Å². The number of hydrogen-bond acceptors (Lipinski definition) is 4. The Balaban J connectivity index is 1.68. The Morgan fingerprint density at radius 1 is 1.30 bits per heavy atom. The molecule has 0 unspecified atom stereocenters. The van der Waals surface area contributed by atoms with Gasteiger partial charge in [-0.2, -0.15) is 0 Å². The van der Waals surface area contributed by atoms with Crippen LogP contribution >= 0.6 is 0 Å². The summed E-state index contributed by atoms with van der Waals surface area (Å²) >= 11 is 0. The van der Waals surface area contributed by atoms with Crippen LogP contribution in [0.1, 0.15) is 58.1 Å². The van der Waals surface area contributed by atoms with Crippen LogP contribution in [0.3, 0.4) is 0 Å². The average molecular weight is 278 g/mol. The van der Waals surface area contributed by atoms with Gasteiger partial charge in [0.15, 0.2) is 0 Å². The Labute approximate surface area is 121 Å². The lowest BCUT2D eigenvalue weighted by molar-refractivity contribution is -0.0931. The Kier molecular flexibility index (Phi) is 3.87. The summed E-state index contributed by atoms with van der Waals surface area (Å²) < 4.78 is 11.9. The van der Waals surface area contributed by atoms with Crippen molar-refractivity contribution in [1.29, 1.82) is 0 Å². The van der Waals surface area contributed by atoms with Gasteiger partial charge in [-0.3, -0.25) is 4.90 Å². The average Bonchev–Trinajstić information content (AvgIpc) is 2.88. The summed E-state index contributed by atoms with van der Waals surface area (Å²) in [6.07, 6.45) is 7.39. The molecule has 1 aromatic rings. The first-order valence-electron chi connectivity index (χ1n) is 7.85. The maximum atomic E-state index is 5.94. The molecule has 0 aromatic carbocycles. The normalized spacial score (nSPS) is 28.4. The van der Waals surface area contributed by atoms with Crippen molar-refractivity contribution in [2.24, 2.45) is 0 Å². The second-order valence-corrected chi connectivity index (χ2v) is 7.10. The Bertz CT molecular complexity index is 448. The number of morpholine rings is 1. The molecule has 1 aliphatic carbocycles. The lowest BCUT2D eigenvalue weighted by Gasteiger charge is -2.43. The van der Waals surface area contributed by atoms with Crippen molar-refractivity contribution < 1.29 is 9.15 Å². The fraction of sp³-hybridized carbons (Fsp3) is 0.812. The van der Waals surface area contributed by atoms with Gasteiger partial charge in [-0.25, -0.2) is 4.98 Å². The second kappa shape index (κ2) is 5.49. The molecule has 4 heteroatoms. The van der Waals surface area contributed by atoms with E-state index in [0.717, 1.165) is 31.3 Å². The third kappa shape index (κ3) is 2.91. The standard InChI is InChI=1S/C16H26N2O2/c1-16(2,3)14-10-17-15(20-14)11-18-8-9-19-13-7-5-4-6-12(13)18/h10,12-13H,4-9,11H2,1-3H3/t12-,13+/m0/s1. The fourth-order valence-electron chi connectivity index (χ4n) is 3.28. The van der Waals surface area contributed by atoms with Crippen LogP contribution in [-0.2, 0) is 16.7 Å². The largest absolute Gasteiger partial charge is 0.444 e. The van der Waals surface area contributed by atoms with Crippen molar-refractivity contribution in [3.05, 3.63) is 17.8 Å². The van der Waals surface area contributed by atoms with E-state index in [1.54, 1.807) is 0 Å². The van der Waals surface area contributed by atoms with E-state index in [-0.39, 0.29) is 5.41 Å². The number of fused-ring (bicyclic) bond motifs is 1. The van der Waals surface area contributed by atoms with Gasteiger partial charge in [-0.15, -0.1) is 0 Å². The zero-order valence-corrected chi connectivity index (χ0v) is 12.9. The SMILES string of the molecule is CC(C)(C)c1cnc(CN2CCO[C@@H]3CCCC[C@@H]32)o1. The van der Waals surface area contributed by atoms with Crippen molar-refractivity contribution in [2.75, 3.05) is 13.2 Å². The first kappa shape index (κ1) is 14.1. The van der Waals surface area contributed by atoms with Crippen LogP contribution in [0.4, 0.5) is 0 Å². The minimum atomic E-state index is 0.0314. The van der Waals surface area contributed by atoms with Gasteiger partial charge in [0.25, 0.3) is 0 Å². The monoisotopic (exact) mass is 278 g/mol. The molecule has 2 heterocycles. The minimum absolute atomic E-state index is 0.0314. The topological polar surface area (TPSA) is 38.5 Å². The van der Waals surface area contributed by atoms with E-state index in [1.807, 2.05) is 6.20 Å². The van der Waals surface area contributed by atoms with Gasteiger partial charge in [0.05, 0.1) is 25.5 Å². The van der Waals surface area contributed by atoms with Crippen LogP contribution in [0.15, 0.2) is 10.6 Å². The molecule has 2 fully saturated rings. The Hall–Kier alpha value is -0.870. The summed E-state index contributed by atoms with van der Waals surface area (Å²) in [7, 11) is 0. The first-order chi connectivity index (χ1) is 9.54. The molecule has 1 aliphatic heterocycles. The maximum Gasteiger partial charge on any atom is 0.208 e. The number of oxazole rings is 1. The molecule has 20 heavy (non-hydrogen) atoms. The van der Waals surface area contributed by atoms with Crippen LogP contribution in [-0.4, -0.2) is 35.2 Å². The Morgan fingerprint density at radius 3 is 2.85 bits per heavy atom. The molecule has 0 spiro atoms. The quantitative estimate of drug-likeness (QED) is 0.833. The molecular weight excluding hydrogens is 252 g/mol. The molecule has 1 saturated carbocycles. The molecule has 1 saturated heterocycles. The summed E-state index contributed by atoms with van der Waals surface area (Å²) in [5, 5.41) is 0. The lowest BCUT2D eigenvalue weighted by atomic mass is 9.90. The van der Waals surface area contributed by atoms with Crippen molar-refractivity contribution in [2.45, 2.75) is 70.6 Å². The number of nitrogens with zero attached hydrogens (tertiary/aromatic N) is 2. The van der Waals surface area contributed by atoms with Crippen molar-refractivity contribution in [3.63, 3.8) is 0 Å². The van der Waals surface area contributed by atoms with Gasteiger partial charge in [-0.05, 0) is 12.8 Å². The third-order valence-electron chi connectivity index (χ3n) is 4.48. The summed E-state index contributed by atoms with van der Waals surface area (Å²) in [5.74, 6) is 1.82. The van der Waals surface area contributed by atoms with Gasteiger partial charge >= 0.3 is 0 Å². The molecule has 0 N–H and O–H groups in total. The summed E-state index contributed by atoms with van der Waals surface area (Å²) in [6, 6.07) is 0.558. The van der Waals surface area contributed by atoms with Crippen LogP contribution in [0.25, 0.3) is 0 Å². The van der Waals surface area contributed by atoms with E-state index in [0.29, 0.717) is 12.1 Å². The van der Waals surface area contributed by atoms with Crippen molar-refractivity contribution >= 4 is 0 Å². The summed E-state index contributed by atoms with van der Waals surface area (Å²) in [6.45, 7) is 9.12. The molecular formula is C16H26N2O2. The summed E-state index contributed by atoms with van der Waals surface area (Å²) in [4.78, 5) is 6.97. The lowest BCUT2D eigenvalue weighted by Crippen LogP contribution is -2.52. The predicted octanol–water partition coefficient (Wildman–Crippen LogP) is 3.12. The van der Waals surface area contributed by atoms with E-state index in [2.05, 4.69) is 30.7 Å². The third-order valence-corrected chi connectivity index (χ3v) is 4.48. The molecule has 4 nitrogen and oxygen atoms in total. The summed E-state index contributed by atoms with van der Waals surface area (Å²) in [5.41, 5.74) is 0.0314. The Morgan fingerprint density at radius 2 is 2.10 bits per heavy atom. The number of hydrogen-bond donors (Lipinski definition) is 0. The zero-order chi connectivity index (χ0) is 14.2. The smallest absolute Gasteiger partial charge is 0.208 e. The molecule has 2 atom stereocenters. The first-order valence-corrected chi connectivity index (χ1v) is 7.85. The van der Waals surface area contributed by atoms with Crippen LogP contribution in [0, 0.1) is 0 Å². The molecule has 112 valence electrons. The predicted molar refractivity (Wildman–Crippen MR) is 77.6 cm³/mol. The van der Waals surface area contributed by atoms with E-state index < -0.39 is 0 Å². The van der Waals surface area contributed by atoms with E-state index in [9.17, 15) is 0 Å². The van der Waals surface area contributed by atoms with Crippen LogP contribution in [0.5, 0.6) is 0 Å². The van der Waals surface area contributed by atoms with Gasteiger partial charge in [0, 0.05) is 18.0 Å². The highest BCUT2D eigenvalue weighted by Crippen LogP contribution is 2.30. The molecule has 0 amide bonds. The minimum Gasteiger partial charge on any atom is -0.444 e. The molecule has 2 aliphatic rings. The number of ether oxygens (including phenoxy) is 1. The number of rotatable bonds is 2. The van der Waals surface area contributed by atoms with Crippen molar-refractivity contribution in [1.82, 2.24) is 9.88 Å². The van der Waals surface area contributed by atoms with Crippen LogP contribution < -0.4 is 0 Å². The van der Waals surface area contributed by atoms with Crippen LogP contribution in [0.2, 0.25) is 0 Å². The molecule has 1 aromatic heterocycles. The second-order valence-electron chi connectivity index (χ2n) is 7.10. The maximum absolute atomic E-state index is 5.94. The molecule has 3 rings (SSSR count). The van der Waals surface area contributed by atoms with Gasteiger partial charge in [-0.1, -0.05) is 33.6 Å². The van der Waals surface area contributed by atoms with Gasteiger partial charge in [0.2, 0.25) is 5.89 Å².